The highest BCUT2D eigenvalue weighted by molar-refractivity contribution is 5.92. The third kappa shape index (κ3) is 5.69. The van der Waals surface area contributed by atoms with Gasteiger partial charge in [0.1, 0.15) is 5.69 Å². The Kier molecular flexibility index (Phi) is 6.62. The number of amides is 1. The van der Waals surface area contributed by atoms with Gasteiger partial charge in [0.05, 0.1) is 0 Å². The van der Waals surface area contributed by atoms with Gasteiger partial charge in [0, 0.05) is 18.2 Å². The van der Waals surface area contributed by atoms with Crippen LogP contribution in [0.5, 0.6) is 0 Å². The first-order chi connectivity index (χ1) is 11.1. The van der Waals surface area contributed by atoms with Crippen LogP contribution in [-0.4, -0.2) is 33.2 Å². The van der Waals surface area contributed by atoms with Crippen LogP contribution in [0.4, 0.5) is 0 Å². The zero-order valence-electron chi connectivity index (χ0n) is 13.8. The van der Waals surface area contributed by atoms with Crippen LogP contribution in [0.2, 0.25) is 0 Å². The average Bonchev–Trinajstić information content (AvgIpc) is 3.02. The summed E-state index contributed by atoms with van der Waals surface area (Å²) in [6.45, 7) is 1.99. The molecule has 128 valence electrons. The average molecular weight is 321 g/mol. The van der Waals surface area contributed by atoms with E-state index in [4.69, 9.17) is 5.11 Å². The number of carbonyl (C=O) groups excluding carboxylic acids is 1. The summed E-state index contributed by atoms with van der Waals surface area (Å²) in [5, 5.41) is 18.8. The van der Waals surface area contributed by atoms with E-state index >= 15 is 0 Å². The number of nitrogens with zero attached hydrogens (tertiary/aromatic N) is 1. The molecule has 1 unspecified atom stereocenters. The molecule has 1 aliphatic carbocycles. The first-order valence-corrected chi connectivity index (χ1v) is 8.65. The number of H-pyrrole nitrogens is 1. The van der Waals surface area contributed by atoms with Gasteiger partial charge in [-0.3, -0.25) is 14.7 Å². The Morgan fingerprint density at radius 3 is 2.74 bits per heavy atom. The van der Waals surface area contributed by atoms with Crippen molar-refractivity contribution in [1.82, 2.24) is 15.5 Å². The Labute approximate surface area is 137 Å². The minimum Gasteiger partial charge on any atom is -0.481 e. The van der Waals surface area contributed by atoms with Crippen molar-refractivity contribution < 1.29 is 14.7 Å². The fraction of sp³-hybridized carbons (Fsp3) is 0.706. The van der Waals surface area contributed by atoms with Crippen molar-refractivity contribution in [1.29, 1.82) is 0 Å². The van der Waals surface area contributed by atoms with Crippen molar-refractivity contribution in [3.8, 4) is 0 Å². The van der Waals surface area contributed by atoms with Gasteiger partial charge in [-0.1, -0.05) is 39.0 Å². The number of rotatable bonds is 8. The third-order valence-electron chi connectivity index (χ3n) is 4.63. The second-order valence-electron chi connectivity index (χ2n) is 6.47. The van der Waals surface area contributed by atoms with Crippen molar-refractivity contribution in [2.45, 2.75) is 70.8 Å². The van der Waals surface area contributed by atoms with Crippen LogP contribution in [0, 0.1) is 5.92 Å². The molecule has 1 aromatic rings. The van der Waals surface area contributed by atoms with E-state index in [1.807, 2.05) is 6.92 Å². The SMILES string of the molecule is CCc1cc(C(=O)NC(CCC(=O)O)CC2CCCCC2)n[nH]1. The Morgan fingerprint density at radius 2 is 2.13 bits per heavy atom. The first kappa shape index (κ1) is 17.5. The summed E-state index contributed by atoms with van der Waals surface area (Å²) in [5.74, 6) is -0.443. The van der Waals surface area contributed by atoms with E-state index in [1.54, 1.807) is 6.07 Å². The van der Waals surface area contributed by atoms with Crippen LogP contribution < -0.4 is 5.32 Å². The smallest absolute Gasteiger partial charge is 0.303 e. The number of hydrogen-bond acceptors (Lipinski definition) is 3. The van der Waals surface area contributed by atoms with Crippen molar-refractivity contribution in [3.05, 3.63) is 17.5 Å². The highest BCUT2D eigenvalue weighted by Crippen LogP contribution is 2.28. The van der Waals surface area contributed by atoms with Crippen molar-refractivity contribution in [2.24, 2.45) is 5.92 Å². The van der Waals surface area contributed by atoms with E-state index in [0.717, 1.165) is 18.5 Å². The molecule has 0 radical (unpaired) electrons. The molecule has 23 heavy (non-hydrogen) atoms. The Hall–Kier alpha value is -1.85. The van der Waals surface area contributed by atoms with Crippen LogP contribution in [0.15, 0.2) is 6.07 Å². The molecule has 0 bridgehead atoms. The van der Waals surface area contributed by atoms with E-state index < -0.39 is 5.97 Å². The molecule has 0 aromatic carbocycles. The van der Waals surface area contributed by atoms with Crippen LogP contribution in [0.3, 0.4) is 0 Å². The number of aliphatic carboxylic acids is 1. The second kappa shape index (κ2) is 8.70. The van der Waals surface area contributed by atoms with E-state index in [1.165, 1.54) is 32.1 Å². The predicted octanol–water partition coefficient (Wildman–Crippen LogP) is 2.91. The van der Waals surface area contributed by atoms with Crippen molar-refractivity contribution in [2.75, 3.05) is 0 Å². The molecule has 0 saturated heterocycles. The molecule has 6 heteroatoms. The van der Waals surface area contributed by atoms with Crippen LogP contribution in [-0.2, 0) is 11.2 Å². The second-order valence-corrected chi connectivity index (χ2v) is 6.47. The lowest BCUT2D eigenvalue weighted by Crippen LogP contribution is -2.37. The predicted molar refractivity (Wildman–Crippen MR) is 87.3 cm³/mol. The lowest BCUT2D eigenvalue weighted by molar-refractivity contribution is -0.137. The highest BCUT2D eigenvalue weighted by atomic mass is 16.4. The fourth-order valence-corrected chi connectivity index (χ4v) is 3.29. The molecule has 1 saturated carbocycles. The van der Waals surface area contributed by atoms with Gasteiger partial charge in [-0.25, -0.2) is 0 Å². The molecule has 1 fully saturated rings. The standard InChI is InChI=1S/C17H27N3O3/c1-2-13-11-15(20-19-13)17(23)18-14(8-9-16(21)22)10-12-6-4-3-5-7-12/h11-12,14H,2-10H2,1H3,(H,18,23)(H,19,20)(H,21,22). The Bertz CT molecular complexity index is 521. The van der Waals surface area contributed by atoms with Crippen LogP contribution in [0.25, 0.3) is 0 Å². The summed E-state index contributed by atoms with van der Waals surface area (Å²) in [6, 6.07) is 1.66. The number of carbonyl (C=O) groups is 2. The van der Waals surface area contributed by atoms with Gasteiger partial charge in [-0.05, 0) is 31.2 Å². The summed E-state index contributed by atoms with van der Waals surface area (Å²) in [7, 11) is 0. The van der Waals surface area contributed by atoms with Gasteiger partial charge >= 0.3 is 5.97 Å². The number of aromatic nitrogens is 2. The van der Waals surface area contributed by atoms with E-state index in [9.17, 15) is 9.59 Å². The summed E-state index contributed by atoms with van der Waals surface area (Å²) in [6.07, 6.45) is 8.35. The number of carboxylic acids is 1. The minimum atomic E-state index is -0.819. The number of carboxylic acid groups (broad SMARTS) is 1. The fourth-order valence-electron chi connectivity index (χ4n) is 3.29. The van der Waals surface area contributed by atoms with E-state index in [-0.39, 0.29) is 18.4 Å². The number of nitrogens with one attached hydrogen (secondary N) is 2. The minimum absolute atomic E-state index is 0.0818. The van der Waals surface area contributed by atoms with Gasteiger partial charge in [-0.15, -0.1) is 0 Å². The van der Waals surface area contributed by atoms with Gasteiger partial charge in [0.15, 0.2) is 0 Å². The lowest BCUT2D eigenvalue weighted by atomic mass is 9.84. The molecule has 1 atom stereocenters. The highest BCUT2D eigenvalue weighted by Gasteiger charge is 2.22. The largest absolute Gasteiger partial charge is 0.481 e. The molecular formula is C17H27N3O3. The number of aromatic amines is 1. The Morgan fingerprint density at radius 1 is 1.39 bits per heavy atom. The molecule has 0 spiro atoms. The summed E-state index contributed by atoms with van der Waals surface area (Å²) < 4.78 is 0. The maximum Gasteiger partial charge on any atom is 0.303 e. The van der Waals surface area contributed by atoms with Crippen LogP contribution in [0.1, 0.15) is 74.5 Å². The maximum absolute atomic E-state index is 12.3. The van der Waals surface area contributed by atoms with Gasteiger partial charge in [0.2, 0.25) is 0 Å². The van der Waals surface area contributed by atoms with Gasteiger partial charge in [0.25, 0.3) is 5.91 Å². The topological polar surface area (TPSA) is 95.1 Å². The molecule has 1 aromatic heterocycles. The maximum atomic E-state index is 12.3. The summed E-state index contributed by atoms with van der Waals surface area (Å²) in [4.78, 5) is 23.2. The molecule has 6 nitrogen and oxygen atoms in total. The monoisotopic (exact) mass is 321 g/mol. The van der Waals surface area contributed by atoms with Crippen LogP contribution >= 0.6 is 0 Å². The van der Waals surface area contributed by atoms with Gasteiger partial charge in [-0.2, -0.15) is 5.10 Å². The van der Waals surface area contributed by atoms with E-state index in [2.05, 4.69) is 15.5 Å². The number of hydrogen-bond donors (Lipinski definition) is 3. The molecule has 1 aliphatic rings. The summed E-state index contributed by atoms with van der Waals surface area (Å²) >= 11 is 0. The molecule has 2 rings (SSSR count). The van der Waals surface area contributed by atoms with Crippen molar-refractivity contribution in [3.63, 3.8) is 0 Å². The summed E-state index contributed by atoms with van der Waals surface area (Å²) in [5.41, 5.74) is 1.30. The zero-order chi connectivity index (χ0) is 16.7. The molecule has 1 heterocycles. The normalized spacial score (nSPS) is 16.9. The lowest BCUT2D eigenvalue weighted by Gasteiger charge is -2.26. The molecular weight excluding hydrogens is 294 g/mol. The third-order valence-corrected chi connectivity index (χ3v) is 4.63. The number of aryl methyl sites for hydroxylation is 1. The van der Waals surface area contributed by atoms with Crippen molar-refractivity contribution >= 4 is 11.9 Å². The first-order valence-electron chi connectivity index (χ1n) is 8.65. The zero-order valence-corrected chi connectivity index (χ0v) is 13.8. The van der Waals surface area contributed by atoms with Gasteiger partial charge < -0.3 is 10.4 Å². The Balaban J connectivity index is 1.94. The van der Waals surface area contributed by atoms with E-state index in [0.29, 0.717) is 18.0 Å². The molecule has 0 aliphatic heterocycles. The molecule has 3 N–H and O–H groups in total. The quantitative estimate of drug-likeness (QED) is 0.686. The molecule has 1 amide bonds.